The molecule has 3 heterocycles. The number of ether oxygens (including phenoxy) is 2. The van der Waals surface area contributed by atoms with Crippen molar-refractivity contribution in [1.82, 2.24) is 9.80 Å². The quantitative estimate of drug-likeness (QED) is 0.690. The first-order valence-corrected chi connectivity index (χ1v) is 10.1. The number of morpholine rings is 2. The summed E-state index contributed by atoms with van der Waals surface area (Å²) < 4.78 is 16.6. The average molecular weight is 405 g/mol. The summed E-state index contributed by atoms with van der Waals surface area (Å²) in [5.74, 6) is 0.375. The van der Waals surface area contributed by atoms with Crippen molar-refractivity contribution in [3.8, 4) is 0 Å². The molecule has 2 saturated heterocycles. The summed E-state index contributed by atoms with van der Waals surface area (Å²) in [5, 5.41) is 0.668. The van der Waals surface area contributed by atoms with Gasteiger partial charge in [-0.25, -0.2) is 0 Å². The highest BCUT2D eigenvalue weighted by Gasteiger charge is 2.40. The van der Waals surface area contributed by atoms with E-state index in [1.54, 1.807) is 18.4 Å². The Bertz CT molecular complexity index is 770. The maximum Gasteiger partial charge on any atom is 0.216 e. The normalized spacial score (nSPS) is 21.3. The van der Waals surface area contributed by atoms with Crippen LogP contribution < -0.4 is 0 Å². The molecule has 2 aliphatic heterocycles. The summed E-state index contributed by atoms with van der Waals surface area (Å²) >= 11 is 6.32. The molecule has 150 valence electrons. The molecule has 7 heteroatoms. The largest absolute Gasteiger partial charge is 0.461 e. The van der Waals surface area contributed by atoms with Gasteiger partial charge in [-0.2, -0.15) is 0 Å². The Morgan fingerprint density at radius 3 is 2.21 bits per heavy atom. The number of Topliss-reactive ketones (excluding diaryl/α,β-unsaturated/α-hetero) is 1. The van der Waals surface area contributed by atoms with E-state index in [0.717, 1.165) is 18.7 Å². The molecule has 6 nitrogen and oxygen atoms in total. The van der Waals surface area contributed by atoms with Gasteiger partial charge in [0.2, 0.25) is 5.78 Å². The first-order valence-electron chi connectivity index (χ1n) is 9.71. The fourth-order valence-electron chi connectivity index (χ4n) is 4.07. The third-order valence-corrected chi connectivity index (χ3v) is 5.64. The summed E-state index contributed by atoms with van der Waals surface area (Å²) in [4.78, 5) is 18.1. The SMILES string of the molecule is O=C(c1ccco1)[C@H]([C@H](c1cccc(Cl)c1)N1CCOCC1)N1CCOCC1. The molecule has 0 aliphatic carbocycles. The summed E-state index contributed by atoms with van der Waals surface area (Å²) in [7, 11) is 0. The number of carbonyl (C=O) groups excluding carboxylic acids is 1. The zero-order chi connectivity index (χ0) is 19.3. The maximum atomic E-state index is 13.6. The summed E-state index contributed by atoms with van der Waals surface area (Å²) in [5.41, 5.74) is 1.03. The minimum atomic E-state index is -0.383. The Hall–Kier alpha value is -1.70. The van der Waals surface area contributed by atoms with Crippen molar-refractivity contribution in [1.29, 1.82) is 0 Å². The van der Waals surface area contributed by atoms with E-state index in [1.807, 2.05) is 18.2 Å². The molecule has 0 amide bonds. The van der Waals surface area contributed by atoms with Gasteiger partial charge in [0, 0.05) is 31.2 Å². The molecule has 2 aromatic rings. The third kappa shape index (κ3) is 4.31. The number of carbonyl (C=O) groups is 1. The molecular formula is C21H25ClN2O4. The van der Waals surface area contributed by atoms with Crippen LogP contribution in [0.3, 0.4) is 0 Å². The van der Waals surface area contributed by atoms with Crippen LogP contribution in [0.5, 0.6) is 0 Å². The molecular weight excluding hydrogens is 380 g/mol. The summed E-state index contributed by atoms with van der Waals surface area (Å²) in [6.07, 6.45) is 1.55. The fraction of sp³-hybridized carbons (Fsp3) is 0.476. The second kappa shape index (κ2) is 9.20. The lowest BCUT2D eigenvalue weighted by Crippen LogP contribution is -2.55. The molecule has 2 fully saturated rings. The Morgan fingerprint density at radius 1 is 0.929 bits per heavy atom. The van der Waals surface area contributed by atoms with Crippen molar-refractivity contribution in [2.45, 2.75) is 12.1 Å². The van der Waals surface area contributed by atoms with Crippen molar-refractivity contribution >= 4 is 17.4 Å². The lowest BCUT2D eigenvalue weighted by molar-refractivity contribution is -0.0307. The van der Waals surface area contributed by atoms with Gasteiger partial charge in [-0.05, 0) is 29.8 Å². The van der Waals surface area contributed by atoms with Gasteiger partial charge in [0.15, 0.2) is 5.76 Å². The summed E-state index contributed by atoms with van der Waals surface area (Å²) in [6.45, 7) is 5.49. The van der Waals surface area contributed by atoms with Crippen LogP contribution >= 0.6 is 11.6 Å². The number of benzene rings is 1. The number of nitrogens with zero attached hydrogens (tertiary/aromatic N) is 2. The minimum absolute atomic E-state index is 0.0108. The number of hydrogen-bond acceptors (Lipinski definition) is 6. The van der Waals surface area contributed by atoms with Crippen LogP contribution in [-0.4, -0.2) is 74.2 Å². The zero-order valence-corrected chi connectivity index (χ0v) is 16.5. The molecule has 0 bridgehead atoms. The highest BCUT2D eigenvalue weighted by molar-refractivity contribution is 6.30. The number of ketones is 1. The van der Waals surface area contributed by atoms with E-state index in [4.69, 9.17) is 25.5 Å². The third-order valence-electron chi connectivity index (χ3n) is 5.40. The van der Waals surface area contributed by atoms with Crippen molar-refractivity contribution < 1.29 is 18.7 Å². The molecule has 0 unspecified atom stereocenters. The van der Waals surface area contributed by atoms with E-state index in [0.29, 0.717) is 50.3 Å². The lowest BCUT2D eigenvalue weighted by Gasteiger charge is -2.44. The standard InChI is InChI=1S/C21H25ClN2O4/c22-17-4-1-3-16(15-17)19(23-6-11-26-12-7-23)20(24-8-13-27-14-9-24)21(25)18-5-2-10-28-18/h1-5,10,15,19-20H,6-9,11-14H2/t19-,20-/m0/s1. The first kappa shape index (κ1) is 19.6. The highest BCUT2D eigenvalue weighted by Crippen LogP contribution is 2.32. The van der Waals surface area contributed by atoms with Crippen molar-refractivity contribution in [3.05, 3.63) is 59.0 Å². The average Bonchev–Trinajstić information content (AvgIpc) is 3.28. The van der Waals surface area contributed by atoms with E-state index in [9.17, 15) is 4.79 Å². The van der Waals surface area contributed by atoms with Gasteiger partial charge in [0.1, 0.15) is 0 Å². The lowest BCUT2D eigenvalue weighted by atomic mass is 9.91. The van der Waals surface area contributed by atoms with Crippen LogP contribution in [0.15, 0.2) is 47.1 Å². The summed E-state index contributed by atoms with van der Waals surface area (Å²) in [6, 6.07) is 10.8. The molecule has 0 N–H and O–H groups in total. The number of hydrogen-bond donors (Lipinski definition) is 0. The Kier molecular flexibility index (Phi) is 6.44. The number of rotatable bonds is 6. The zero-order valence-electron chi connectivity index (χ0n) is 15.8. The molecule has 0 saturated carbocycles. The predicted molar refractivity (Wildman–Crippen MR) is 106 cm³/mol. The second-order valence-electron chi connectivity index (χ2n) is 7.08. The fourth-order valence-corrected chi connectivity index (χ4v) is 4.27. The second-order valence-corrected chi connectivity index (χ2v) is 7.52. The Labute approximate surface area is 169 Å². The topological polar surface area (TPSA) is 55.2 Å². The van der Waals surface area contributed by atoms with Crippen molar-refractivity contribution in [3.63, 3.8) is 0 Å². The molecule has 1 aromatic heterocycles. The van der Waals surface area contributed by atoms with Gasteiger partial charge < -0.3 is 13.9 Å². The van der Waals surface area contributed by atoms with Crippen molar-refractivity contribution in [2.24, 2.45) is 0 Å². The van der Waals surface area contributed by atoms with E-state index in [-0.39, 0.29) is 17.9 Å². The van der Waals surface area contributed by atoms with Crippen LogP contribution in [0, 0.1) is 0 Å². The van der Waals surface area contributed by atoms with Crippen LogP contribution in [0.1, 0.15) is 22.2 Å². The van der Waals surface area contributed by atoms with Gasteiger partial charge in [-0.15, -0.1) is 0 Å². The minimum Gasteiger partial charge on any atom is -0.461 e. The maximum absolute atomic E-state index is 13.6. The van der Waals surface area contributed by atoms with Crippen LogP contribution in [0.4, 0.5) is 0 Å². The van der Waals surface area contributed by atoms with E-state index in [1.165, 1.54) is 0 Å². The first-order chi connectivity index (χ1) is 13.7. The Morgan fingerprint density at radius 2 is 1.61 bits per heavy atom. The highest BCUT2D eigenvalue weighted by atomic mass is 35.5. The van der Waals surface area contributed by atoms with E-state index < -0.39 is 0 Å². The van der Waals surface area contributed by atoms with Gasteiger partial charge >= 0.3 is 0 Å². The number of halogens is 1. The van der Waals surface area contributed by atoms with Crippen LogP contribution in [0.2, 0.25) is 5.02 Å². The van der Waals surface area contributed by atoms with Crippen LogP contribution in [0.25, 0.3) is 0 Å². The van der Waals surface area contributed by atoms with Gasteiger partial charge in [0.05, 0.1) is 44.8 Å². The molecule has 0 radical (unpaired) electrons. The molecule has 28 heavy (non-hydrogen) atoms. The van der Waals surface area contributed by atoms with Gasteiger partial charge in [-0.3, -0.25) is 14.6 Å². The van der Waals surface area contributed by atoms with E-state index >= 15 is 0 Å². The number of furan rings is 1. The van der Waals surface area contributed by atoms with Crippen molar-refractivity contribution in [2.75, 3.05) is 52.6 Å². The van der Waals surface area contributed by atoms with Crippen LogP contribution in [-0.2, 0) is 9.47 Å². The Balaban J connectivity index is 1.76. The molecule has 2 atom stereocenters. The van der Waals surface area contributed by atoms with E-state index in [2.05, 4.69) is 15.9 Å². The van der Waals surface area contributed by atoms with Gasteiger partial charge in [0.25, 0.3) is 0 Å². The molecule has 2 aliphatic rings. The monoisotopic (exact) mass is 404 g/mol. The smallest absolute Gasteiger partial charge is 0.216 e. The molecule has 0 spiro atoms. The molecule has 4 rings (SSSR count). The molecule has 1 aromatic carbocycles. The van der Waals surface area contributed by atoms with Gasteiger partial charge in [-0.1, -0.05) is 23.7 Å². The predicted octanol–water partition coefficient (Wildman–Crippen LogP) is 2.89.